The zero-order valence-corrected chi connectivity index (χ0v) is 16.5. The molecule has 2 heterocycles. The standard InChI is InChI=1S/C23H20N2O2S/c1-15-7-12-22(28-15)21-13-19(18-5-3-4-6-20(18)25-21)23(26)24-14-16-8-10-17(27-2)11-9-16/h3-13H,14H2,1-2H3,(H,24,26). The SMILES string of the molecule is COc1ccc(CNC(=O)c2cc(-c3ccc(C)s3)nc3ccccc23)cc1. The number of amides is 1. The first kappa shape index (κ1) is 18.2. The van der Waals surface area contributed by atoms with Gasteiger partial charge in [-0.05, 0) is 48.9 Å². The molecule has 0 saturated heterocycles. The third-order valence-electron chi connectivity index (χ3n) is 4.57. The van der Waals surface area contributed by atoms with Gasteiger partial charge in [-0.15, -0.1) is 11.3 Å². The summed E-state index contributed by atoms with van der Waals surface area (Å²) in [7, 11) is 1.64. The Morgan fingerprint density at radius 2 is 1.86 bits per heavy atom. The predicted molar refractivity (Wildman–Crippen MR) is 114 cm³/mol. The molecule has 0 atom stereocenters. The summed E-state index contributed by atoms with van der Waals surface area (Å²) >= 11 is 1.68. The zero-order valence-electron chi connectivity index (χ0n) is 15.7. The monoisotopic (exact) mass is 388 g/mol. The number of thiophene rings is 1. The fourth-order valence-electron chi connectivity index (χ4n) is 3.08. The number of aromatic nitrogens is 1. The Balaban J connectivity index is 1.64. The lowest BCUT2D eigenvalue weighted by Gasteiger charge is -2.10. The number of benzene rings is 2. The quantitative estimate of drug-likeness (QED) is 0.511. The Labute approximate surface area is 167 Å². The van der Waals surface area contributed by atoms with Crippen molar-refractivity contribution in [3.05, 3.63) is 82.7 Å². The highest BCUT2D eigenvalue weighted by Gasteiger charge is 2.14. The highest BCUT2D eigenvalue weighted by Crippen LogP contribution is 2.29. The summed E-state index contributed by atoms with van der Waals surface area (Å²) in [5, 5.41) is 3.88. The summed E-state index contributed by atoms with van der Waals surface area (Å²) in [5.74, 6) is 0.690. The molecule has 4 rings (SSSR count). The molecule has 0 spiro atoms. The maximum Gasteiger partial charge on any atom is 0.252 e. The van der Waals surface area contributed by atoms with E-state index in [-0.39, 0.29) is 5.91 Å². The molecule has 0 radical (unpaired) electrons. The number of hydrogen-bond acceptors (Lipinski definition) is 4. The molecule has 0 aliphatic carbocycles. The van der Waals surface area contributed by atoms with Crippen LogP contribution in [0, 0.1) is 6.92 Å². The lowest BCUT2D eigenvalue weighted by atomic mass is 10.1. The summed E-state index contributed by atoms with van der Waals surface area (Å²) in [4.78, 5) is 20.0. The Kier molecular flexibility index (Phi) is 5.08. The number of aryl methyl sites for hydroxylation is 1. The molecule has 0 aliphatic heterocycles. The number of nitrogens with zero attached hydrogens (tertiary/aromatic N) is 1. The maximum absolute atomic E-state index is 13.0. The van der Waals surface area contributed by atoms with E-state index in [2.05, 4.69) is 24.4 Å². The summed E-state index contributed by atoms with van der Waals surface area (Å²) in [6.07, 6.45) is 0. The highest BCUT2D eigenvalue weighted by atomic mass is 32.1. The lowest BCUT2D eigenvalue weighted by molar-refractivity contribution is 0.0952. The van der Waals surface area contributed by atoms with E-state index in [9.17, 15) is 4.79 Å². The van der Waals surface area contributed by atoms with Crippen LogP contribution in [0.25, 0.3) is 21.5 Å². The van der Waals surface area contributed by atoms with Crippen molar-refractivity contribution in [3.63, 3.8) is 0 Å². The molecular formula is C23H20N2O2S. The van der Waals surface area contributed by atoms with E-state index < -0.39 is 0 Å². The van der Waals surface area contributed by atoms with E-state index in [1.54, 1.807) is 18.4 Å². The fraction of sp³-hybridized carbons (Fsp3) is 0.130. The minimum absolute atomic E-state index is 0.107. The van der Waals surface area contributed by atoms with Crippen molar-refractivity contribution < 1.29 is 9.53 Å². The Bertz CT molecular complexity index is 1130. The number of carbonyl (C=O) groups excluding carboxylic acids is 1. The number of fused-ring (bicyclic) bond motifs is 1. The molecule has 1 N–H and O–H groups in total. The van der Waals surface area contributed by atoms with Gasteiger partial charge in [0.15, 0.2) is 0 Å². The number of ether oxygens (including phenoxy) is 1. The van der Waals surface area contributed by atoms with Crippen molar-refractivity contribution in [2.45, 2.75) is 13.5 Å². The first-order valence-corrected chi connectivity index (χ1v) is 9.83. The topological polar surface area (TPSA) is 51.2 Å². The van der Waals surface area contributed by atoms with E-state index in [1.165, 1.54) is 4.88 Å². The molecule has 0 bridgehead atoms. The summed E-state index contributed by atoms with van der Waals surface area (Å²) in [6.45, 7) is 2.52. The van der Waals surface area contributed by atoms with Crippen LogP contribution in [0.15, 0.2) is 66.7 Å². The van der Waals surface area contributed by atoms with Crippen molar-refractivity contribution in [3.8, 4) is 16.3 Å². The average Bonchev–Trinajstić information content (AvgIpc) is 3.18. The van der Waals surface area contributed by atoms with Gasteiger partial charge in [-0.3, -0.25) is 4.79 Å². The number of para-hydroxylation sites is 1. The van der Waals surface area contributed by atoms with Gasteiger partial charge in [0.25, 0.3) is 5.91 Å². The van der Waals surface area contributed by atoms with Crippen LogP contribution in [0.4, 0.5) is 0 Å². The Morgan fingerprint density at radius 3 is 2.57 bits per heavy atom. The van der Waals surface area contributed by atoms with Crippen LogP contribution in [0.5, 0.6) is 5.75 Å². The first-order chi connectivity index (χ1) is 13.6. The van der Waals surface area contributed by atoms with E-state index in [1.807, 2.05) is 54.6 Å². The van der Waals surface area contributed by atoms with Gasteiger partial charge in [-0.1, -0.05) is 30.3 Å². The molecule has 0 fully saturated rings. The molecule has 140 valence electrons. The fourth-order valence-corrected chi connectivity index (χ4v) is 3.91. The average molecular weight is 388 g/mol. The minimum Gasteiger partial charge on any atom is -0.497 e. The second kappa shape index (κ2) is 7.82. The van der Waals surface area contributed by atoms with Crippen molar-refractivity contribution in [1.29, 1.82) is 0 Å². The number of methoxy groups -OCH3 is 1. The molecule has 2 aromatic carbocycles. The zero-order chi connectivity index (χ0) is 19.5. The van der Waals surface area contributed by atoms with Gasteiger partial charge in [0.05, 0.1) is 28.8 Å². The minimum atomic E-state index is -0.107. The van der Waals surface area contributed by atoms with Crippen LogP contribution in [-0.4, -0.2) is 18.0 Å². The molecule has 0 saturated carbocycles. The molecule has 4 aromatic rings. The normalized spacial score (nSPS) is 10.8. The van der Waals surface area contributed by atoms with E-state index in [0.29, 0.717) is 12.1 Å². The van der Waals surface area contributed by atoms with Crippen molar-refractivity contribution >= 4 is 28.1 Å². The van der Waals surface area contributed by atoms with Crippen molar-refractivity contribution in [2.24, 2.45) is 0 Å². The molecule has 0 aliphatic rings. The number of hydrogen-bond donors (Lipinski definition) is 1. The van der Waals surface area contributed by atoms with Crippen LogP contribution < -0.4 is 10.1 Å². The van der Waals surface area contributed by atoms with Crippen LogP contribution >= 0.6 is 11.3 Å². The Hall–Kier alpha value is -3.18. The van der Waals surface area contributed by atoms with Crippen LogP contribution in [-0.2, 0) is 6.54 Å². The number of pyridine rings is 1. The third kappa shape index (κ3) is 3.75. The van der Waals surface area contributed by atoms with Gasteiger partial charge >= 0.3 is 0 Å². The lowest BCUT2D eigenvalue weighted by Crippen LogP contribution is -2.23. The van der Waals surface area contributed by atoms with Crippen molar-refractivity contribution in [1.82, 2.24) is 10.3 Å². The number of carbonyl (C=O) groups is 1. The molecule has 4 nitrogen and oxygen atoms in total. The number of rotatable bonds is 5. The summed E-state index contributed by atoms with van der Waals surface area (Å²) in [6, 6.07) is 21.4. The second-order valence-electron chi connectivity index (χ2n) is 6.51. The third-order valence-corrected chi connectivity index (χ3v) is 5.59. The summed E-state index contributed by atoms with van der Waals surface area (Å²) in [5.41, 5.74) is 3.30. The molecule has 1 amide bonds. The maximum atomic E-state index is 13.0. The first-order valence-electron chi connectivity index (χ1n) is 9.02. The summed E-state index contributed by atoms with van der Waals surface area (Å²) < 4.78 is 5.18. The van der Waals surface area contributed by atoms with E-state index >= 15 is 0 Å². The van der Waals surface area contributed by atoms with Gasteiger partial charge in [0.1, 0.15) is 5.75 Å². The smallest absolute Gasteiger partial charge is 0.252 e. The highest BCUT2D eigenvalue weighted by molar-refractivity contribution is 7.15. The molecular weight excluding hydrogens is 368 g/mol. The van der Waals surface area contributed by atoms with Gasteiger partial charge in [0, 0.05) is 16.8 Å². The van der Waals surface area contributed by atoms with Gasteiger partial charge in [-0.2, -0.15) is 0 Å². The molecule has 5 heteroatoms. The Morgan fingerprint density at radius 1 is 1.07 bits per heavy atom. The van der Waals surface area contributed by atoms with E-state index in [4.69, 9.17) is 9.72 Å². The predicted octanol–water partition coefficient (Wildman–Crippen LogP) is 5.21. The van der Waals surface area contributed by atoms with Crippen LogP contribution in [0.2, 0.25) is 0 Å². The van der Waals surface area contributed by atoms with E-state index in [0.717, 1.165) is 32.8 Å². The number of nitrogens with one attached hydrogen (secondary N) is 1. The van der Waals surface area contributed by atoms with Crippen molar-refractivity contribution in [2.75, 3.05) is 7.11 Å². The van der Waals surface area contributed by atoms with Crippen LogP contribution in [0.3, 0.4) is 0 Å². The van der Waals surface area contributed by atoms with Gasteiger partial charge < -0.3 is 10.1 Å². The van der Waals surface area contributed by atoms with Crippen LogP contribution in [0.1, 0.15) is 20.8 Å². The largest absolute Gasteiger partial charge is 0.497 e. The van der Waals surface area contributed by atoms with Gasteiger partial charge in [-0.25, -0.2) is 4.98 Å². The molecule has 28 heavy (non-hydrogen) atoms. The molecule has 2 aromatic heterocycles. The second-order valence-corrected chi connectivity index (χ2v) is 7.80. The molecule has 0 unspecified atom stereocenters. The van der Waals surface area contributed by atoms with Gasteiger partial charge in [0.2, 0.25) is 0 Å².